The van der Waals surface area contributed by atoms with Gasteiger partial charge >= 0.3 is 0 Å². The van der Waals surface area contributed by atoms with Crippen LogP contribution in [0.4, 0.5) is 10.1 Å². The number of pyridine rings is 1. The molecule has 0 spiro atoms. The van der Waals surface area contributed by atoms with Crippen molar-refractivity contribution in [2.24, 2.45) is 5.92 Å². The lowest BCUT2D eigenvalue weighted by atomic mass is 10.2. The van der Waals surface area contributed by atoms with Crippen molar-refractivity contribution in [1.82, 2.24) is 4.98 Å². The zero-order chi connectivity index (χ0) is 16.2. The molecule has 0 aliphatic heterocycles. The molecular formula is C17H14FN3O2. The fourth-order valence-electron chi connectivity index (χ4n) is 1.98. The predicted molar refractivity (Wildman–Crippen MR) is 81.5 cm³/mol. The number of amides is 1. The predicted octanol–water partition coefficient (Wildman–Crippen LogP) is 3.13. The Hall–Kier alpha value is -2.94. The highest BCUT2D eigenvalue weighted by molar-refractivity contribution is 6.04. The summed E-state index contributed by atoms with van der Waals surface area (Å²) >= 11 is 0. The summed E-state index contributed by atoms with van der Waals surface area (Å²) < 4.78 is 18.8. The fraction of sp³-hybridized carbons (Fsp3) is 0.235. The molecule has 0 unspecified atom stereocenters. The van der Waals surface area contributed by atoms with Crippen molar-refractivity contribution in [1.29, 1.82) is 5.26 Å². The summed E-state index contributed by atoms with van der Waals surface area (Å²) in [6.07, 6.45) is 3.82. The highest BCUT2D eigenvalue weighted by Gasteiger charge is 2.22. The molecule has 116 valence electrons. The number of anilines is 1. The van der Waals surface area contributed by atoms with E-state index in [9.17, 15) is 9.18 Å². The highest BCUT2D eigenvalue weighted by atomic mass is 19.1. The summed E-state index contributed by atoms with van der Waals surface area (Å²) in [5, 5.41) is 11.4. The van der Waals surface area contributed by atoms with E-state index in [2.05, 4.69) is 10.3 Å². The lowest BCUT2D eigenvalue weighted by Gasteiger charge is -2.07. The number of nitriles is 1. The van der Waals surface area contributed by atoms with Crippen molar-refractivity contribution in [3.8, 4) is 11.9 Å². The maximum Gasteiger partial charge on any atom is 0.257 e. The molecule has 0 bridgehead atoms. The van der Waals surface area contributed by atoms with E-state index >= 15 is 0 Å². The van der Waals surface area contributed by atoms with Gasteiger partial charge in [0.05, 0.1) is 17.7 Å². The fourth-order valence-corrected chi connectivity index (χ4v) is 1.98. The maximum absolute atomic E-state index is 13.2. The van der Waals surface area contributed by atoms with E-state index in [4.69, 9.17) is 10.00 Å². The van der Waals surface area contributed by atoms with Crippen molar-refractivity contribution in [2.45, 2.75) is 12.8 Å². The Balaban J connectivity index is 1.64. The van der Waals surface area contributed by atoms with Crippen LogP contribution in [0.25, 0.3) is 0 Å². The molecule has 6 heteroatoms. The number of hydrogen-bond donors (Lipinski definition) is 1. The Morgan fingerprint density at radius 2 is 2.22 bits per heavy atom. The third-order valence-corrected chi connectivity index (χ3v) is 3.51. The summed E-state index contributed by atoms with van der Waals surface area (Å²) in [7, 11) is 0. The Morgan fingerprint density at radius 1 is 1.39 bits per heavy atom. The number of rotatable bonds is 5. The van der Waals surface area contributed by atoms with E-state index in [0.29, 0.717) is 29.7 Å². The number of carbonyl (C=O) groups excluding carboxylic acids is 1. The van der Waals surface area contributed by atoms with Gasteiger partial charge in [-0.15, -0.1) is 0 Å². The average molecular weight is 311 g/mol. The van der Waals surface area contributed by atoms with Crippen molar-refractivity contribution in [3.05, 3.63) is 53.5 Å². The molecule has 5 nitrogen and oxygen atoms in total. The van der Waals surface area contributed by atoms with Gasteiger partial charge in [0.25, 0.3) is 5.91 Å². The van der Waals surface area contributed by atoms with Crippen molar-refractivity contribution < 1.29 is 13.9 Å². The van der Waals surface area contributed by atoms with E-state index in [0.717, 1.165) is 6.07 Å². The van der Waals surface area contributed by atoms with Gasteiger partial charge in [-0.1, -0.05) is 0 Å². The molecule has 0 atom stereocenters. The average Bonchev–Trinajstić information content (AvgIpc) is 3.39. The molecule has 1 amide bonds. The first-order valence-corrected chi connectivity index (χ1v) is 7.25. The van der Waals surface area contributed by atoms with E-state index < -0.39 is 5.82 Å². The molecule has 1 aliphatic carbocycles. The molecule has 0 radical (unpaired) electrons. The molecule has 1 aromatic carbocycles. The zero-order valence-corrected chi connectivity index (χ0v) is 12.3. The zero-order valence-electron chi connectivity index (χ0n) is 12.3. The maximum atomic E-state index is 13.2. The highest BCUT2D eigenvalue weighted by Crippen LogP contribution is 2.29. The van der Waals surface area contributed by atoms with Crippen LogP contribution < -0.4 is 10.1 Å². The van der Waals surface area contributed by atoms with Gasteiger partial charge in [0, 0.05) is 18.0 Å². The van der Waals surface area contributed by atoms with Gasteiger partial charge in [0.2, 0.25) is 5.88 Å². The molecule has 1 aliphatic rings. The number of aromatic nitrogens is 1. The quantitative estimate of drug-likeness (QED) is 0.920. The van der Waals surface area contributed by atoms with Crippen LogP contribution in [0.5, 0.6) is 5.88 Å². The van der Waals surface area contributed by atoms with Crippen molar-refractivity contribution in [2.75, 3.05) is 11.9 Å². The Labute approximate surface area is 132 Å². The number of carbonyl (C=O) groups is 1. The van der Waals surface area contributed by atoms with Gasteiger partial charge in [0.15, 0.2) is 0 Å². The summed E-state index contributed by atoms with van der Waals surface area (Å²) in [5.41, 5.74) is 0.582. The minimum atomic E-state index is -0.621. The number of nitrogens with zero attached hydrogens (tertiary/aromatic N) is 2. The summed E-state index contributed by atoms with van der Waals surface area (Å²) in [5.74, 6) is 0.112. The van der Waals surface area contributed by atoms with Gasteiger partial charge in [-0.2, -0.15) is 5.26 Å². The van der Waals surface area contributed by atoms with Gasteiger partial charge in [-0.3, -0.25) is 4.79 Å². The summed E-state index contributed by atoms with van der Waals surface area (Å²) in [4.78, 5) is 16.2. The Morgan fingerprint density at radius 3 is 2.87 bits per heavy atom. The molecule has 3 rings (SSSR count). The second-order valence-electron chi connectivity index (χ2n) is 5.40. The topological polar surface area (TPSA) is 75.0 Å². The molecule has 1 saturated carbocycles. The first-order chi connectivity index (χ1) is 11.2. The molecule has 23 heavy (non-hydrogen) atoms. The van der Waals surface area contributed by atoms with Crippen LogP contribution >= 0.6 is 0 Å². The Bertz CT molecular complexity index is 764. The number of benzene rings is 1. The van der Waals surface area contributed by atoms with Crippen molar-refractivity contribution in [3.63, 3.8) is 0 Å². The minimum absolute atomic E-state index is 0.121. The normalized spacial score (nSPS) is 13.2. The van der Waals surface area contributed by atoms with Gasteiger partial charge < -0.3 is 10.1 Å². The standard InChI is InChI=1S/C17H14FN3O2/c18-15-5-4-14(7-13(15)8-19)21-17(22)12-3-6-16(20-9-12)23-10-11-1-2-11/h3-7,9,11H,1-2,10H2,(H,21,22). The third kappa shape index (κ3) is 3.83. The second-order valence-corrected chi connectivity index (χ2v) is 5.40. The van der Waals surface area contributed by atoms with Crippen LogP contribution in [0.3, 0.4) is 0 Å². The van der Waals surface area contributed by atoms with E-state index in [1.54, 1.807) is 18.2 Å². The van der Waals surface area contributed by atoms with Crippen LogP contribution in [-0.4, -0.2) is 17.5 Å². The van der Waals surface area contributed by atoms with Gasteiger partial charge in [-0.25, -0.2) is 9.37 Å². The van der Waals surface area contributed by atoms with Crippen LogP contribution in [0.2, 0.25) is 0 Å². The lowest BCUT2D eigenvalue weighted by Crippen LogP contribution is -2.12. The van der Waals surface area contributed by atoms with E-state index in [1.165, 1.54) is 31.2 Å². The number of ether oxygens (including phenoxy) is 1. The Kier molecular flexibility index (Phi) is 4.20. The first-order valence-electron chi connectivity index (χ1n) is 7.25. The van der Waals surface area contributed by atoms with Crippen LogP contribution in [0.15, 0.2) is 36.5 Å². The second kappa shape index (κ2) is 6.44. The molecule has 0 saturated heterocycles. The molecule has 1 N–H and O–H groups in total. The molecule has 1 fully saturated rings. The smallest absolute Gasteiger partial charge is 0.257 e. The van der Waals surface area contributed by atoms with Crippen LogP contribution in [0.1, 0.15) is 28.8 Å². The molecule has 2 aromatic rings. The van der Waals surface area contributed by atoms with Gasteiger partial charge in [-0.05, 0) is 43.0 Å². The SMILES string of the molecule is N#Cc1cc(NC(=O)c2ccc(OCC3CC3)nc2)ccc1F. The monoisotopic (exact) mass is 311 g/mol. The lowest BCUT2D eigenvalue weighted by molar-refractivity contribution is 0.102. The number of nitrogens with one attached hydrogen (secondary N) is 1. The number of hydrogen-bond acceptors (Lipinski definition) is 4. The molecule has 1 heterocycles. The first kappa shape index (κ1) is 15.0. The third-order valence-electron chi connectivity index (χ3n) is 3.51. The largest absolute Gasteiger partial charge is 0.477 e. The molecule has 1 aromatic heterocycles. The minimum Gasteiger partial charge on any atom is -0.477 e. The molecular weight excluding hydrogens is 297 g/mol. The summed E-state index contributed by atoms with van der Waals surface area (Å²) in [6, 6.07) is 8.80. The van der Waals surface area contributed by atoms with Crippen molar-refractivity contribution >= 4 is 11.6 Å². The number of halogens is 1. The van der Waals surface area contributed by atoms with E-state index in [-0.39, 0.29) is 11.5 Å². The summed E-state index contributed by atoms with van der Waals surface area (Å²) in [6.45, 7) is 0.658. The van der Waals surface area contributed by atoms with Crippen LogP contribution in [-0.2, 0) is 0 Å². The van der Waals surface area contributed by atoms with Gasteiger partial charge in [0.1, 0.15) is 11.9 Å². The van der Waals surface area contributed by atoms with Crippen LogP contribution in [0, 0.1) is 23.1 Å². The van der Waals surface area contributed by atoms with E-state index in [1.807, 2.05) is 0 Å².